The van der Waals surface area contributed by atoms with Crippen LogP contribution in [-0.2, 0) is 0 Å². The third-order valence-electron chi connectivity index (χ3n) is 3.73. The van der Waals surface area contributed by atoms with Gasteiger partial charge in [0.15, 0.2) is 0 Å². The molecule has 2 nitrogen and oxygen atoms in total. The summed E-state index contributed by atoms with van der Waals surface area (Å²) in [6.45, 7) is 6.26. The van der Waals surface area contributed by atoms with Crippen molar-refractivity contribution in [3.63, 3.8) is 0 Å². The average Bonchev–Trinajstić information content (AvgIpc) is 2.76. The van der Waals surface area contributed by atoms with E-state index in [0.29, 0.717) is 0 Å². The normalized spacial score (nSPS) is 29.1. The Balaban J connectivity index is 1.74. The minimum Gasteiger partial charge on any atom is -0.301 e. The van der Waals surface area contributed by atoms with Crippen LogP contribution in [0.1, 0.15) is 32.1 Å². The molecule has 0 amide bonds. The van der Waals surface area contributed by atoms with Gasteiger partial charge in [0.05, 0.1) is 0 Å². The monoisotopic (exact) mass is 206 g/mol. The highest BCUT2D eigenvalue weighted by Gasteiger charge is 2.27. The smallest absolute Gasteiger partial charge is 0.0235 e. The molecular weight excluding hydrogens is 184 g/mol. The first-order valence-corrected chi connectivity index (χ1v) is 6.30. The molecule has 0 aliphatic carbocycles. The fraction of sp³-hybridized carbons (Fsp3) is 0.846. The Hall–Kier alpha value is -0.520. The van der Waals surface area contributed by atoms with E-state index in [2.05, 4.69) is 15.7 Å². The summed E-state index contributed by atoms with van der Waals surface area (Å²) in [5.41, 5.74) is 0. The Bertz CT molecular complexity index is 225. The van der Waals surface area contributed by atoms with Gasteiger partial charge < -0.3 is 4.90 Å². The summed E-state index contributed by atoms with van der Waals surface area (Å²) in [5, 5.41) is 0. The molecule has 0 aromatic carbocycles. The van der Waals surface area contributed by atoms with Gasteiger partial charge in [-0.25, -0.2) is 0 Å². The highest BCUT2D eigenvalue weighted by molar-refractivity contribution is 4.89. The Kier molecular flexibility index (Phi) is 4.05. The summed E-state index contributed by atoms with van der Waals surface area (Å²) in [5.74, 6) is 2.73. The predicted octanol–water partition coefficient (Wildman–Crippen LogP) is 1.57. The molecule has 2 saturated heterocycles. The van der Waals surface area contributed by atoms with E-state index in [1.54, 1.807) is 0 Å². The van der Waals surface area contributed by atoms with E-state index < -0.39 is 0 Å². The number of piperidine rings is 1. The molecule has 84 valence electrons. The van der Waals surface area contributed by atoms with Crippen LogP contribution in [0.25, 0.3) is 0 Å². The summed E-state index contributed by atoms with van der Waals surface area (Å²) in [6.07, 6.45) is 11.8. The molecule has 0 saturated carbocycles. The van der Waals surface area contributed by atoms with Gasteiger partial charge in [-0.2, -0.15) is 0 Å². The van der Waals surface area contributed by atoms with Crippen molar-refractivity contribution in [3.8, 4) is 12.3 Å². The zero-order valence-electron chi connectivity index (χ0n) is 9.62. The lowest BCUT2D eigenvalue weighted by molar-refractivity contribution is 0.162. The predicted molar refractivity (Wildman–Crippen MR) is 63.7 cm³/mol. The second kappa shape index (κ2) is 5.53. The van der Waals surface area contributed by atoms with Crippen LogP contribution < -0.4 is 0 Å². The van der Waals surface area contributed by atoms with Crippen LogP contribution in [0.2, 0.25) is 0 Å². The van der Waals surface area contributed by atoms with Crippen LogP contribution in [0, 0.1) is 12.3 Å². The molecule has 1 atom stereocenters. The van der Waals surface area contributed by atoms with Gasteiger partial charge in [0.2, 0.25) is 0 Å². The molecular formula is C13H22N2. The maximum absolute atomic E-state index is 5.30. The van der Waals surface area contributed by atoms with Crippen molar-refractivity contribution in [2.75, 3.05) is 32.7 Å². The van der Waals surface area contributed by atoms with Crippen molar-refractivity contribution in [3.05, 3.63) is 0 Å². The van der Waals surface area contributed by atoms with Gasteiger partial charge in [-0.05, 0) is 38.9 Å². The van der Waals surface area contributed by atoms with Crippen LogP contribution in [0.4, 0.5) is 0 Å². The third kappa shape index (κ3) is 2.96. The molecule has 0 aromatic heterocycles. The number of likely N-dealkylation sites (tertiary alicyclic amines) is 2. The van der Waals surface area contributed by atoms with Crippen LogP contribution in [0.15, 0.2) is 0 Å². The van der Waals surface area contributed by atoms with Crippen molar-refractivity contribution in [1.29, 1.82) is 0 Å². The number of terminal acetylenes is 1. The quantitative estimate of drug-likeness (QED) is 0.647. The fourth-order valence-corrected chi connectivity index (χ4v) is 2.82. The summed E-state index contributed by atoms with van der Waals surface area (Å²) < 4.78 is 0. The highest BCUT2D eigenvalue weighted by Crippen LogP contribution is 2.19. The lowest BCUT2D eigenvalue weighted by Crippen LogP contribution is -2.40. The first-order chi connectivity index (χ1) is 7.40. The molecule has 2 rings (SSSR count). The molecule has 15 heavy (non-hydrogen) atoms. The van der Waals surface area contributed by atoms with Crippen molar-refractivity contribution < 1.29 is 0 Å². The van der Waals surface area contributed by atoms with Gasteiger partial charge in [0.1, 0.15) is 0 Å². The summed E-state index contributed by atoms with van der Waals surface area (Å²) in [4.78, 5) is 5.22. The van der Waals surface area contributed by atoms with E-state index >= 15 is 0 Å². The first kappa shape index (κ1) is 11.0. The lowest BCUT2D eigenvalue weighted by atomic mass is 10.1. The topological polar surface area (TPSA) is 6.48 Å². The third-order valence-corrected chi connectivity index (χ3v) is 3.73. The number of nitrogens with zero attached hydrogens (tertiary/aromatic N) is 2. The van der Waals surface area contributed by atoms with Crippen molar-refractivity contribution in [2.45, 2.75) is 38.1 Å². The summed E-state index contributed by atoms with van der Waals surface area (Å²) in [7, 11) is 0. The Labute approximate surface area is 93.6 Å². The minimum absolute atomic E-state index is 0.822. The molecule has 2 heteroatoms. The molecule has 0 radical (unpaired) electrons. The molecule has 2 heterocycles. The standard InChI is InChI=1S/C13H22N2/c1-2-3-8-14-11-7-13(12-14)15-9-5-4-6-10-15/h1,13H,3-12H2. The Morgan fingerprint density at radius 3 is 2.67 bits per heavy atom. The van der Waals surface area contributed by atoms with Gasteiger partial charge in [-0.15, -0.1) is 12.3 Å². The lowest BCUT2D eigenvalue weighted by Gasteiger charge is -2.32. The highest BCUT2D eigenvalue weighted by atomic mass is 15.3. The molecule has 1 unspecified atom stereocenters. The molecule has 2 aliphatic heterocycles. The number of hydrogen-bond acceptors (Lipinski definition) is 2. The van der Waals surface area contributed by atoms with E-state index in [1.165, 1.54) is 51.9 Å². The Morgan fingerprint density at radius 2 is 1.93 bits per heavy atom. The molecule has 0 aromatic rings. The second-order valence-corrected chi connectivity index (χ2v) is 4.79. The SMILES string of the molecule is C#CCCN1CCC(N2CCCCC2)C1. The van der Waals surface area contributed by atoms with E-state index in [0.717, 1.165) is 19.0 Å². The second-order valence-electron chi connectivity index (χ2n) is 4.79. The van der Waals surface area contributed by atoms with E-state index in [-0.39, 0.29) is 0 Å². The average molecular weight is 206 g/mol. The molecule has 2 fully saturated rings. The van der Waals surface area contributed by atoms with Crippen molar-refractivity contribution in [1.82, 2.24) is 9.80 Å². The summed E-state index contributed by atoms with van der Waals surface area (Å²) in [6, 6.07) is 0.822. The van der Waals surface area contributed by atoms with Gasteiger partial charge in [-0.3, -0.25) is 4.90 Å². The van der Waals surface area contributed by atoms with Gasteiger partial charge in [0, 0.05) is 25.6 Å². The number of hydrogen-bond donors (Lipinski definition) is 0. The maximum Gasteiger partial charge on any atom is 0.0235 e. The fourth-order valence-electron chi connectivity index (χ4n) is 2.82. The largest absolute Gasteiger partial charge is 0.301 e. The van der Waals surface area contributed by atoms with Gasteiger partial charge in [0.25, 0.3) is 0 Å². The van der Waals surface area contributed by atoms with Crippen molar-refractivity contribution in [2.24, 2.45) is 0 Å². The summed E-state index contributed by atoms with van der Waals surface area (Å²) >= 11 is 0. The van der Waals surface area contributed by atoms with Gasteiger partial charge >= 0.3 is 0 Å². The van der Waals surface area contributed by atoms with Crippen molar-refractivity contribution >= 4 is 0 Å². The molecule has 0 spiro atoms. The van der Waals surface area contributed by atoms with Gasteiger partial charge in [-0.1, -0.05) is 6.42 Å². The van der Waals surface area contributed by atoms with Crippen LogP contribution in [0.5, 0.6) is 0 Å². The Morgan fingerprint density at radius 1 is 1.13 bits per heavy atom. The zero-order valence-corrected chi connectivity index (χ0v) is 9.62. The maximum atomic E-state index is 5.30. The van der Waals surface area contributed by atoms with E-state index in [4.69, 9.17) is 6.42 Å². The van der Waals surface area contributed by atoms with Crippen LogP contribution in [0.3, 0.4) is 0 Å². The van der Waals surface area contributed by atoms with Crippen LogP contribution >= 0.6 is 0 Å². The number of rotatable bonds is 3. The van der Waals surface area contributed by atoms with Crippen LogP contribution in [-0.4, -0.2) is 48.6 Å². The molecule has 0 bridgehead atoms. The minimum atomic E-state index is 0.822. The van der Waals surface area contributed by atoms with E-state index in [9.17, 15) is 0 Å². The van der Waals surface area contributed by atoms with E-state index in [1.807, 2.05) is 0 Å². The molecule has 0 N–H and O–H groups in total. The molecule has 2 aliphatic rings. The zero-order chi connectivity index (χ0) is 10.5. The first-order valence-electron chi connectivity index (χ1n) is 6.30.